The van der Waals surface area contributed by atoms with Crippen LogP contribution < -0.4 is 4.90 Å². The van der Waals surface area contributed by atoms with Crippen LogP contribution in [0.25, 0.3) is 0 Å². The van der Waals surface area contributed by atoms with Crippen molar-refractivity contribution in [3.05, 3.63) is 53.6 Å². The maximum Gasteiger partial charge on any atom is 0.246 e. The highest BCUT2D eigenvalue weighted by Crippen LogP contribution is 2.50. The summed E-state index contributed by atoms with van der Waals surface area (Å²) in [5, 5.41) is 0. The Morgan fingerprint density at radius 2 is 1.78 bits per heavy atom. The molecule has 0 radical (unpaired) electrons. The fourth-order valence-electron chi connectivity index (χ4n) is 5.42. The zero-order valence-corrected chi connectivity index (χ0v) is 15.3. The summed E-state index contributed by atoms with van der Waals surface area (Å²) >= 11 is 0. The number of anilines is 1. The Hall–Kier alpha value is -2.69. The standard InChI is InChI=1S/C22H22N2O3/c1-13-10-17-20(22(27)24(21(17)26)14-6-3-2-4-7-14)16-11-15-8-5-9-19(25)23(15)12-18(13)16/h2-7,9,15-17,20H,8,10-12H2,1H3/t15-,16-,17+,20-/m1/s1. The van der Waals surface area contributed by atoms with Gasteiger partial charge in [0.15, 0.2) is 0 Å². The van der Waals surface area contributed by atoms with E-state index in [0.717, 1.165) is 12.8 Å². The molecule has 1 aliphatic carbocycles. The Kier molecular flexibility index (Phi) is 3.61. The first-order chi connectivity index (χ1) is 13.1. The van der Waals surface area contributed by atoms with E-state index in [0.29, 0.717) is 18.7 Å². The van der Waals surface area contributed by atoms with E-state index in [9.17, 15) is 14.4 Å². The van der Waals surface area contributed by atoms with Crippen LogP contribution in [0.3, 0.4) is 0 Å². The van der Waals surface area contributed by atoms with Gasteiger partial charge >= 0.3 is 0 Å². The van der Waals surface area contributed by atoms with E-state index in [-0.39, 0.29) is 41.5 Å². The van der Waals surface area contributed by atoms with Gasteiger partial charge in [0.1, 0.15) is 0 Å². The second-order valence-corrected chi connectivity index (χ2v) is 8.09. The van der Waals surface area contributed by atoms with Crippen molar-refractivity contribution in [1.29, 1.82) is 0 Å². The SMILES string of the molecule is CC1=C2CN3C(=O)C=CC[C@@H]3C[C@H]2[C@H]2C(=O)N(c3ccccc3)C(=O)[C@H]2C1. The van der Waals surface area contributed by atoms with Gasteiger partial charge < -0.3 is 4.90 Å². The lowest BCUT2D eigenvalue weighted by atomic mass is 9.66. The molecule has 0 unspecified atom stereocenters. The molecule has 3 aliphatic heterocycles. The Morgan fingerprint density at radius 1 is 1.00 bits per heavy atom. The Morgan fingerprint density at radius 3 is 2.56 bits per heavy atom. The van der Waals surface area contributed by atoms with Crippen molar-refractivity contribution < 1.29 is 14.4 Å². The lowest BCUT2D eigenvalue weighted by Crippen LogP contribution is -2.51. The number of fused-ring (bicyclic) bond motifs is 4. The summed E-state index contributed by atoms with van der Waals surface area (Å²) in [4.78, 5) is 42.0. The van der Waals surface area contributed by atoms with Crippen molar-refractivity contribution in [2.45, 2.75) is 32.2 Å². The molecule has 2 fully saturated rings. The number of hydrogen-bond donors (Lipinski definition) is 0. The van der Waals surface area contributed by atoms with Crippen LogP contribution in [-0.4, -0.2) is 35.2 Å². The summed E-state index contributed by atoms with van der Waals surface area (Å²) in [7, 11) is 0. The third-order valence-electron chi connectivity index (χ3n) is 6.71. The minimum Gasteiger partial charge on any atom is -0.332 e. The van der Waals surface area contributed by atoms with E-state index in [1.807, 2.05) is 41.3 Å². The maximum atomic E-state index is 13.3. The molecule has 5 heteroatoms. The van der Waals surface area contributed by atoms with E-state index in [2.05, 4.69) is 6.92 Å². The molecule has 0 bridgehead atoms. The number of amides is 3. The summed E-state index contributed by atoms with van der Waals surface area (Å²) < 4.78 is 0. The third kappa shape index (κ3) is 2.34. The van der Waals surface area contributed by atoms with Crippen molar-refractivity contribution in [1.82, 2.24) is 4.90 Å². The molecular weight excluding hydrogens is 340 g/mol. The van der Waals surface area contributed by atoms with Crippen LogP contribution in [0.4, 0.5) is 5.69 Å². The average Bonchev–Trinajstić information content (AvgIpc) is 2.92. The third-order valence-corrected chi connectivity index (χ3v) is 6.71. The molecule has 4 aliphatic rings. The van der Waals surface area contributed by atoms with Crippen molar-refractivity contribution in [2.75, 3.05) is 11.4 Å². The molecule has 1 aromatic carbocycles. The van der Waals surface area contributed by atoms with Gasteiger partial charge in [-0.1, -0.05) is 29.8 Å². The molecule has 1 aromatic rings. The van der Waals surface area contributed by atoms with E-state index >= 15 is 0 Å². The Labute approximate surface area is 158 Å². The van der Waals surface area contributed by atoms with E-state index in [1.165, 1.54) is 16.0 Å². The van der Waals surface area contributed by atoms with Gasteiger partial charge in [0.25, 0.3) is 0 Å². The molecule has 4 atom stereocenters. The predicted molar refractivity (Wildman–Crippen MR) is 101 cm³/mol. The van der Waals surface area contributed by atoms with Crippen LogP contribution in [0, 0.1) is 17.8 Å². The molecule has 5 rings (SSSR count). The number of piperidine rings is 1. The molecule has 0 saturated carbocycles. The number of hydrogen-bond acceptors (Lipinski definition) is 3. The molecule has 5 nitrogen and oxygen atoms in total. The lowest BCUT2D eigenvalue weighted by Gasteiger charge is -2.46. The van der Waals surface area contributed by atoms with Gasteiger partial charge in [-0.05, 0) is 55.9 Å². The smallest absolute Gasteiger partial charge is 0.246 e. The fraction of sp³-hybridized carbons (Fsp3) is 0.409. The first kappa shape index (κ1) is 16.5. The highest BCUT2D eigenvalue weighted by atomic mass is 16.2. The molecule has 0 spiro atoms. The van der Waals surface area contributed by atoms with Crippen LogP contribution in [-0.2, 0) is 14.4 Å². The van der Waals surface area contributed by atoms with Gasteiger partial charge in [0, 0.05) is 12.6 Å². The van der Waals surface area contributed by atoms with Gasteiger partial charge in [-0.3, -0.25) is 19.3 Å². The zero-order valence-electron chi connectivity index (χ0n) is 15.3. The molecule has 138 valence electrons. The first-order valence-corrected chi connectivity index (χ1v) is 9.64. The molecule has 0 N–H and O–H groups in total. The number of imide groups is 1. The van der Waals surface area contributed by atoms with Crippen molar-refractivity contribution in [3.63, 3.8) is 0 Å². The van der Waals surface area contributed by atoms with Gasteiger partial charge in [-0.15, -0.1) is 0 Å². The minimum atomic E-state index is -0.292. The summed E-state index contributed by atoms with van der Waals surface area (Å²) in [6.07, 6.45) is 5.80. The maximum absolute atomic E-state index is 13.3. The Bertz CT molecular complexity index is 901. The van der Waals surface area contributed by atoms with Gasteiger partial charge in [-0.2, -0.15) is 0 Å². The monoisotopic (exact) mass is 362 g/mol. The van der Waals surface area contributed by atoms with Crippen LogP contribution in [0.15, 0.2) is 53.6 Å². The minimum absolute atomic E-state index is 0.0619. The number of benzene rings is 1. The van der Waals surface area contributed by atoms with Crippen LogP contribution in [0.5, 0.6) is 0 Å². The van der Waals surface area contributed by atoms with E-state index < -0.39 is 0 Å². The first-order valence-electron chi connectivity index (χ1n) is 9.64. The summed E-state index contributed by atoms with van der Waals surface area (Å²) in [5.74, 6) is -0.581. The predicted octanol–water partition coefficient (Wildman–Crippen LogP) is 2.69. The van der Waals surface area contributed by atoms with Crippen LogP contribution in [0.1, 0.15) is 26.2 Å². The topological polar surface area (TPSA) is 57.7 Å². The normalized spacial score (nSPS) is 32.6. The van der Waals surface area contributed by atoms with Crippen LogP contribution in [0.2, 0.25) is 0 Å². The van der Waals surface area contributed by atoms with Gasteiger partial charge in [0.05, 0.1) is 17.5 Å². The summed E-state index contributed by atoms with van der Waals surface area (Å²) in [6.45, 7) is 2.66. The second kappa shape index (κ2) is 5.91. The zero-order chi connectivity index (χ0) is 18.7. The van der Waals surface area contributed by atoms with Crippen LogP contribution >= 0.6 is 0 Å². The quantitative estimate of drug-likeness (QED) is 0.570. The van der Waals surface area contributed by atoms with Crippen molar-refractivity contribution in [2.24, 2.45) is 17.8 Å². The lowest BCUT2D eigenvalue weighted by molar-refractivity contribution is -0.131. The highest BCUT2D eigenvalue weighted by Gasteiger charge is 2.56. The van der Waals surface area contributed by atoms with Crippen molar-refractivity contribution in [3.8, 4) is 0 Å². The summed E-state index contributed by atoms with van der Waals surface area (Å²) in [5.41, 5.74) is 3.04. The highest BCUT2D eigenvalue weighted by molar-refractivity contribution is 6.22. The summed E-state index contributed by atoms with van der Waals surface area (Å²) in [6, 6.07) is 9.37. The Balaban J connectivity index is 1.52. The molecule has 0 aromatic heterocycles. The number of para-hydroxylation sites is 1. The second-order valence-electron chi connectivity index (χ2n) is 8.09. The molecule has 27 heavy (non-hydrogen) atoms. The molecular formula is C22H22N2O3. The number of nitrogens with zero attached hydrogens (tertiary/aromatic N) is 2. The number of carbonyl (C=O) groups is 3. The average molecular weight is 362 g/mol. The molecule has 2 saturated heterocycles. The number of allylic oxidation sites excluding steroid dienone is 1. The number of rotatable bonds is 1. The van der Waals surface area contributed by atoms with E-state index in [1.54, 1.807) is 6.08 Å². The molecule has 3 amide bonds. The van der Waals surface area contributed by atoms with E-state index in [4.69, 9.17) is 0 Å². The fourth-order valence-corrected chi connectivity index (χ4v) is 5.42. The molecule has 3 heterocycles. The van der Waals surface area contributed by atoms with Gasteiger partial charge in [-0.25, -0.2) is 0 Å². The van der Waals surface area contributed by atoms with Gasteiger partial charge in [0.2, 0.25) is 17.7 Å². The largest absolute Gasteiger partial charge is 0.332 e. The van der Waals surface area contributed by atoms with Crippen molar-refractivity contribution >= 4 is 23.4 Å². The number of carbonyl (C=O) groups excluding carboxylic acids is 3.